The molecule has 1 heterocycles. The van der Waals surface area contributed by atoms with Gasteiger partial charge in [-0.15, -0.1) is 0 Å². The largest absolute Gasteiger partial charge is 0.462 e. The Labute approximate surface area is 99.3 Å². The summed E-state index contributed by atoms with van der Waals surface area (Å²) in [6.07, 6.45) is 4.81. The molecule has 2 aromatic rings. The number of aromatic nitrogens is 2. The van der Waals surface area contributed by atoms with E-state index < -0.39 is 0 Å². The Bertz CT molecular complexity index is 512. The maximum Gasteiger partial charge on any atom is 0.338 e. The molecule has 17 heavy (non-hydrogen) atoms. The minimum Gasteiger partial charge on any atom is -0.462 e. The highest BCUT2D eigenvalue weighted by Gasteiger charge is 2.13. The molecule has 4 nitrogen and oxygen atoms in total. The summed E-state index contributed by atoms with van der Waals surface area (Å²) in [5, 5.41) is 0. The van der Waals surface area contributed by atoms with Gasteiger partial charge >= 0.3 is 5.97 Å². The fourth-order valence-electron chi connectivity index (χ4n) is 1.53. The molecule has 0 aliphatic rings. The summed E-state index contributed by atoms with van der Waals surface area (Å²) in [5.41, 5.74) is 1.91. The van der Waals surface area contributed by atoms with Gasteiger partial charge in [-0.3, -0.25) is 9.97 Å². The third kappa shape index (κ3) is 2.47. The lowest BCUT2D eigenvalue weighted by molar-refractivity contribution is 0.0527. The van der Waals surface area contributed by atoms with Crippen molar-refractivity contribution in [3.05, 3.63) is 48.4 Å². The maximum atomic E-state index is 11.8. The van der Waals surface area contributed by atoms with Crippen molar-refractivity contribution in [1.82, 2.24) is 9.97 Å². The standard InChI is InChI=1S/C13H12N2O2/c1-2-17-13(16)11-6-4-3-5-10(11)12-9-14-7-8-15-12/h3-9H,2H2,1H3. The quantitative estimate of drug-likeness (QED) is 0.756. The molecule has 0 radical (unpaired) electrons. The number of hydrogen-bond donors (Lipinski definition) is 0. The first-order valence-corrected chi connectivity index (χ1v) is 5.35. The number of hydrogen-bond acceptors (Lipinski definition) is 4. The van der Waals surface area contributed by atoms with Crippen LogP contribution in [0.1, 0.15) is 17.3 Å². The van der Waals surface area contributed by atoms with E-state index in [1.165, 1.54) is 0 Å². The van der Waals surface area contributed by atoms with E-state index in [0.717, 1.165) is 5.56 Å². The van der Waals surface area contributed by atoms with Crippen molar-refractivity contribution in [2.24, 2.45) is 0 Å². The molecule has 0 aliphatic carbocycles. The van der Waals surface area contributed by atoms with E-state index >= 15 is 0 Å². The van der Waals surface area contributed by atoms with Crippen LogP contribution in [-0.2, 0) is 4.74 Å². The van der Waals surface area contributed by atoms with Gasteiger partial charge in [0.1, 0.15) is 0 Å². The van der Waals surface area contributed by atoms with Gasteiger partial charge in [0, 0.05) is 18.0 Å². The van der Waals surface area contributed by atoms with Gasteiger partial charge in [0.2, 0.25) is 0 Å². The Morgan fingerprint density at radius 2 is 2.12 bits per heavy atom. The van der Waals surface area contributed by atoms with Gasteiger partial charge in [-0.2, -0.15) is 0 Å². The SMILES string of the molecule is CCOC(=O)c1ccccc1-c1cnccn1. The van der Waals surface area contributed by atoms with Crippen LogP contribution >= 0.6 is 0 Å². The molecular weight excluding hydrogens is 216 g/mol. The zero-order valence-electron chi connectivity index (χ0n) is 9.46. The molecule has 0 unspecified atom stereocenters. The number of carbonyl (C=O) groups is 1. The molecule has 86 valence electrons. The van der Waals surface area contributed by atoms with Crippen LogP contribution in [-0.4, -0.2) is 22.5 Å². The van der Waals surface area contributed by atoms with E-state index in [9.17, 15) is 4.79 Å². The first kappa shape index (κ1) is 11.3. The number of ether oxygens (including phenoxy) is 1. The summed E-state index contributed by atoms with van der Waals surface area (Å²) < 4.78 is 5.00. The molecule has 0 fully saturated rings. The van der Waals surface area contributed by atoms with E-state index in [0.29, 0.717) is 17.9 Å². The lowest BCUT2D eigenvalue weighted by Gasteiger charge is -2.07. The molecule has 0 bridgehead atoms. The molecule has 0 N–H and O–H groups in total. The first-order valence-electron chi connectivity index (χ1n) is 5.35. The smallest absolute Gasteiger partial charge is 0.338 e. The summed E-state index contributed by atoms with van der Waals surface area (Å²) in [5.74, 6) is -0.339. The van der Waals surface area contributed by atoms with Crippen molar-refractivity contribution >= 4 is 5.97 Å². The zero-order valence-corrected chi connectivity index (χ0v) is 9.46. The van der Waals surface area contributed by atoms with Crippen LogP contribution in [0.5, 0.6) is 0 Å². The van der Waals surface area contributed by atoms with Crippen molar-refractivity contribution < 1.29 is 9.53 Å². The van der Waals surface area contributed by atoms with E-state index in [4.69, 9.17) is 4.74 Å². The molecule has 0 atom stereocenters. The monoisotopic (exact) mass is 228 g/mol. The first-order chi connectivity index (χ1) is 8.33. The van der Waals surface area contributed by atoms with E-state index in [1.807, 2.05) is 12.1 Å². The third-order valence-corrected chi connectivity index (χ3v) is 2.26. The molecule has 1 aromatic heterocycles. The van der Waals surface area contributed by atoms with Crippen LogP contribution in [0.15, 0.2) is 42.9 Å². The molecule has 4 heteroatoms. The summed E-state index contributed by atoms with van der Waals surface area (Å²) in [7, 11) is 0. The second-order valence-corrected chi connectivity index (χ2v) is 3.36. The van der Waals surface area contributed by atoms with Crippen LogP contribution < -0.4 is 0 Å². The molecule has 0 spiro atoms. The van der Waals surface area contributed by atoms with Crippen LogP contribution in [0.2, 0.25) is 0 Å². The van der Waals surface area contributed by atoms with Crippen LogP contribution in [0.25, 0.3) is 11.3 Å². The lowest BCUT2D eigenvalue weighted by Crippen LogP contribution is -2.06. The Hall–Kier alpha value is -2.23. The summed E-state index contributed by atoms with van der Waals surface area (Å²) in [4.78, 5) is 19.9. The molecule has 0 amide bonds. The van der Waals surface area contributed by atoms with Gasteiger partial charge in [-0.1, -0.05) is 18.2 Å². The highest BCUT2D eigenvalue weighted by atomic mass is 16.5. The fraction of sp³-hybridized carbons (Fsp3) is 0.154. The maximum absolute atomic E-state index is 11.8. The number of carbonyl (C=O) groups excluding carboxylic acids is 1. The van der Waals surface area contributed by atoms with Crippen molar-refractivity contribution in [2.45, 2.75) is 6.92 Å². The normalized spacial score (nSPS) is 9.94. The molecule has 0 saturated heterocycles. The molecule has 0 saturated carbocycles. The van der Waals surface area contributed by atoms with Crippen LogP contribution in [0, 0.1) is 0 Å². The van der Waals surface area contributed by atoms with E-state index in [-0.39, 0.29) is 5.97 Å². The number of esters is 1. The van der Waals surface area contributed by atoms with E-state index in [2.05, 4.69) is 9.97 Å². The Kier molecular flexibility index (Phi) is 3.45. The van der Waals surface area contributed by atoms with Gasteiger partial charge < -0.3 is 4.74 Å². The second kappa shape index (κ2) is 5.21. The van der Waals surface area contributed by atoms with Gasteiger partial charge in [0.05, 0.1) is 24.1 Å². The van der Waals surface area contributed by atoms with E-state index in [1.54, 1.807) is 37.6 Å². The minimum absolute atomic E-state index is 0.339. The third-order valence-electron chi connectivity index (χ3n) is 2.26. The van der Waals surface area contributed by atoms with Gasteiger partial charge in [-0.25, -0.2) is 4.79 Å². The molecule has 2 rings (SSSR count). The van der Waals surface area contributed by atoms with Crippen LogP contribution in [0.4, 0.5) is 0 Å². The fourth-order valence-corrected chi connectivity index (χ4v) is 1.53. The summed E-state index contributed by atoms with van der Waals surface area (Å²) in [6.45, 7) is 2.14. The lowest BCUT2D eigenvalue weighted by atomic mass is 10.1. The average Bonchev–Trinajstić information content (AvgIpc) is 2.40. The predicted octanol–water partition coefficient (Wildman–Crippen LogP) is 2.32. The number of rotatable bonds is 3. The molecule has 0 aliphatic heterocycles. The van der Waals surface area contributed by atoms with Crippen molar-refractivity contribution in [3.63, 3.8) is 0 Å². The van der Waals surface area contributed by atoms with Gasteiger partial charge in [0.15, 0.2) is 0 Å². The van der Waals surface area contributed by atoms with Crippen molar-refractivity contribution in [3.8, 4) is 11.3 Å². The van der Waals surface area contributed by atoms with Gasteiger partial charge in [-0.05, 0) is 13.0 Å². The predicted molar refractivity (Wildman–Crippen MR) is 63.4 cm³/mol. The number of benzene rings is 1. The van der Waals surface area contributed by atoms with Crippen molar-refractivity contribution in [1.29, 1.82) is 0 Å². The van der Waals surface area contributed by atoms with Crippen LogP contribution in [0.3, 0.4) is 0 Å². The number of nitrogens with zero attached hydrogens (tertiary/aromatic N) is 2. The second-order valence-electron chi connectivity index (χ2n) is 3.36. The Balaban J connectivity index is 2.45. The minimum atomic E-state index is -0.339. The molecular formula is C13H12N2O2. The highest BCUT2D eigenvalue weighted by Crippen LogP contribution is 2.21. The highest BCUT2D eigenvalue weighted by molar-refractivity contribution is 5.96. The Morgan fingerprint density at radius 3 is 2.82 bits per heavy atom. The summed E-state index contributed by atoms with van der Waals surface area (Å²) in [6, 6.07) is 7.21. The Morgan fingerprint density at radius 1 is 1.29 bits per heavy atom. The topological polar surface area (TPSA) is 52.1 Å². The van der Waals surface area contributed by atoms with Gasteiger partial charge in [0.25, 0.3) is 0 Å². The van der Waals surface area contributed by atoms with Crippen molar-refractivity contribution in [2.75, 3.05) is 6.61 Å². The average molecular weight is 228 g/mol. The summed E-state index contributed by atoms with van der Waals surface area (Å²) >= 11 is 0. The molecule has 1 aromatic carbocycles. The zero-order chi connectivity index (χ0) is 12.1.